The Morgan fingerprint density at radius 3 is 2.84 bits per heavy atom. The van der Waals surface area contributed by atoms with Gasteiger partial charge in [0, 0.05) is 6.07 Å². The van der Waals surface area contributed by atoms with Gasteiger partial charge in [-0.2, -0.15) is 5.10 Å². The Morgan fingerprint density at radius 1 is 1.47 bits per heavy atom. The van der Waals surface area contributed by atoms with Gasteiger partial charge in [0.05, 0.1) is 18.1 Å². The number of nitro benzene ring substituents is 1. The van der Waals surface area contributed by atoms with E-state index in [2.05, 4.69) is 20.5 Å². The molecule has 2 aromatic rings. The lowest BCUT2D eigenvalue weighted by atomic mass is 10.2. The number of nitrogens with one attached hydrogen (secondary N) is 3. The molecular formula is C10H11N5O4. The summed E-state index contributed by atoms with van der Waals surface area (Å²) in [5.41, 5.74) is 0.231. The van der Waals surface area contributed by atoms with Gasteiger partial charge in [0.1, 0.15) is 11.5 Å². The van der Waals surface area contributed by atoms with E-state index in [0.717, 1.165) is 0 Å². The van der Waals surface area contributed by atoms with E-state index in [1.165, 1.54) is 18.2 Å². The number of hydrogen-bond donors (Lipinski definition) is 4. The first-order valence-corrected chi connectivity index (χ1v) is 5.36. The van der Waals surface area contributed by atoms with Crippen LogP contribution >= 0.6 is 0 Å². The number of hydrogen-bond acceptors (Lipinski definition) is 6. The molecule has 0 bridgehead atoms. The van der Waals surface area contributed by atoms with Crippen LogP contribution in [0.5, 0.6) is 0 Å². The van der Waals surface area contributed by atoms with Crippen LogP contribution in [-0.2, 0) is 13.2 Å². The molecule has 0 amide bonds. The van der Waals surface area contributed by atoms with Gasteiger partial charge in [-0.15, -0.1) is 0 Å². The lowest BCUT2D eigenvalue weighted by Gasteiger charge is -2.06. The van der Waals surface area contributed by atoms with Crippen molar-refractivity contribution in [3.63, 3.8) is 0 Å². The molecule has 19 heavy (non-hydrogen) atoms. The molecule has 0 saturated heterocycles. The van der Waals surface area contributed by atoms with E-state index in [9.17, 15) is 14.9 Å². The molecule has 2 rings (SSSR count). The van der Waals surface area contributed by atoms with Crippen molar-refractivity contribution in [1.82, 2.24) is 15.2 Å². The van der Waals surface area contributed by atoms with Crippen LogP contribution in [0.25, 0.3) is 0 Å². The van der Waals surface area contributed by atoms with Gasteiger partial charge in [-0.3, -0.25) is 15.1 Å². The number of aromatic nitrogens is 3. The Balaban J connectivity index is 2.22. The third kappa shape index (κ3) is 2.96. The van der Waals surface area contributed by atoms with Crippen LogP contribution < -0.4 is 11.0 Å². The summed E-state index contributed by atoms with van der Waals surface area (Å²) in [6.07, 6.45) is 0. The summed E-state index contributed by atoms with van der Waals surface area (Å²) in [5.74, 6) is 0.327. The molecule has 4 N–H and O–H groups in total. The summed E-state index contributed by atoms with van der Waals surface area (Å²) < 4.78 is 0. The predicted octanol–water partition coefficient (Wildman–Crippen LogP) is 0.111. The highest BCUT2D eigenvalue weighted by Crippen LogP contribution is 2.25. The van der Waals surface area contributed by atoms with Crippen molar-refractivity contribution in [2.75, 3.05) is 5.32 Å². The first kappa shape index (κ1) is 12.8. The molecule has 0 atom stereocenters. The first-order chi connectivity index (χ1) is 9.10. The second-order valence-corrected chi connectivity index (χ2v) is 3.74. The van der Waals surface area contributed by atoms with Crippen LogP contribution in [0.15, 0.2) is 23.0 Å². The molecule has 0 fully saturated rings. The number of rotatable bonds is 5. The van der Waals surface area contributed by atoms with Gasteiger partial charge in [-0.1, -0.05) is 0 Å². The molecule has 1 heterocycles. The largest absolute Gasteiger partial charge is 0.392 e. The maximum Gasteiger partial charge on any atom is 0.340 e. The Kier molecular flexibility index (Phi) is 3.57. The Morgan fingerprint density at radius 2 is 2.26 bits per heavy atom. The molecular weight excluding hydrogens is 254 g/mol. The van der Waals surface area contributed by atoms with Crippen LogP contribution in [0.3, 0.4) is 0 Å². The fourth-order valence-corrected chi connectivity index (χ4v) is 1.55. The number of aliphatic hydroxyl groups is 1. The summed E-state index contributed by atoms with van der Waals surface area (Å²) in [6.45, 7) is -0.0969. The molecule has 1 aromatic carbocycles. The summed E-state index contributed by atoms with van der Waals surface area (Å²) in [6, 6.07) is 4.25. The van der Waals surface area contributed by atoms with Gasteiger partial charge in [0.2, 0.25) is 0 Å². The van der Waals surface area contributed by atoms with Crippen molar-refractivity contribution in [1.29, 1.82) is 0 Å². The minimum atomic E-state index is -0.531. The van der Waals surface area contributed by atoms with Crippen molar-refractivity contribution in [3.8, 4) is 0 Å². The lowest BCUT2D eigenvalue weighted by Crippen LogP contribution is -2.06. The summed E-state index contributed by atoms with van der Waals surface area (Å²) >= 11 is 0. The van der Waals surface area contributed by atoms with Gasteiger partial charge in [0.25, 0.3) is 5.69 Å². The molecule has 0 aliphatic rings. The fraction of sp³-hybridized carbons (Fsp3) is 0.200. The van der Waals surface area contributed by atoms with E-state index < -0.39 is 10.6 Å². The van der Waals surface area contributed by atoms with E-state index in [4.69, 9.17) is 5.11 Å². The number of nitrogens with zero attached hydrogens (tertiary/aromatic N) is 2. The van der Waals surface area contributed by atoms with Crippen LogP contribution in [0.2, 0.25) is 0 Å². The molecule has 0 unspecified atom stereocenters. The SMILES string of the molecule is O=c1[nH]nc(CNc2cc(CO)ccc2[N+](=O)[O-])[nH]1. The van der Waals surface area contributed by atoms with Crippen molar-refractivity contribution in [2.45, 2.75) is 13.2 Å². The van der Waals surface area contributed by atoms with E-state index in [1.54, 1.807) is 0 Å². The van der Waals surface area contributed by atoms with Crippen molar-refractivity contribution in [2.24, 2.45) is 0 Å². The monoisotopic (exact) mass is 265 g/mol. The van der Waals surface area contributed by atoms with Crippen LogP contribution in [-0.4, -0.2) is 25.2 Å². The topological polar surface area (TPSA) is 137 Å². The predicted molar refractivity (Wildman–Crippen MR) is 65.6 cm³/mol. The summed E-state index contributed by atoms with van der Waals surface area (Å²) in [5, 5.41) is 28.5. The average molecular weight is 265 g/mol. The quantitative estimate of drug-likeness (QED) is 0.447. The second kappa shape index (κ2) is 5.31. The van der Waals surface area contributed by atoms with Gasteiger partial charge in [0.15, 0.2) is 0 Å². The molecule has 0 spiro atoms. The maximum atomic E-state index is 10.9. The molecule has 0 aliphatic heterocycles. The third-order valence-electron chi connectivity index (χ3n) is 2.44. The number of aromatic amines is 2. The second-order valence-electron chi connectivity index (χ2n) is 3.74. The zero-order valence-electron chi connectivity index (χ0n) is 9.71. The highest BCUT2D eigenvalue weighted by molar-refractivity contribution is 5.62. The Hall–Kier alpha value is -2.68. The molecule has 0 radical (unpaired) electrons. The molecule has 9 heteroatoms. The van der Waals surface area contributed by atoms with E-state index in [1.807, 2.05) is 0 Å². The molecule has 100 valence electrons. The molecule has 9 nitrogen and oxygen atoms in total. The van der Waals surface area contributed by atoms with E-state index in [-0.39, 0.29) is 24.5 Å². The van der Waals surface area contributed by atoms with Gasteiger partial charge in [-0.05, 0) is 17.7 Å². The lowest BCUT2D eigenvalue weighted by molar-refractivity contribution is -0.384. The average Bonchev–Trinajstić information content (AvgIpc) is 2.81. The highest BCUT2D eigenvalue weighted by Gasteiger charge is 2.14. The Labute approximate surface area is 106 Å². The highest BCUT2D eigenvalue weighted by atomic mass is 16.6. The van der Waals surface area contributed by atoms with Crippen molar-refractivity contribution < 1.29 is 10.0 Å². The number of nitro groups is 1. The van der Waals surface area contributed by atoms with Crippen LogP contribution in [0.4, 0.5) is 11.4 Å². The number of H-pyrrole nitrogens is 2. The normalized spacial score (nSPS) is 10.4. The van der Waals surface area contributed by atoms with Gasteiger partial charge < -0.3 is 10.4 Å². The summed E-state index contributed by atoms with van der Waals surface area (Å²) in [7, 11) is 0. The van der Waals surface area contributed by atoms with Crippen LogP contribution in [0, 0.1) is 10.1 Å². The minimum absolute atomic E-state index is 0.116. The molecule has 1 aromatic heterocycles. The maximum absolute atomic E-state index is 10.9. The fourth-order valence-electron chi connectivity index (χ4n) is 1.55. The number of aliphatic hydroxyl groups excluding tert-OH is 1. The standard InChI is InChI=1S/C10H11N5O4/c16-5-6-1-2-8(15(18)19)7(3-6)11-4-9-12-10(17)14-13-9/h1-3,11,16H,4-5H2,(H2,12,13,14,17). The Bertz CT molecular complexity index is 647. The number of benzene rings is 1. The third-order valence-corrected chi connectivity index (χ3v) is 2.44. The molecule has 0 saturated carbocycles. The smallest absolute Gasteiger partial charge is 0.340 e. The van der Waals surface area contributed by atoms with E-state index in [0.29, 0.717) is 11.4 Å². The van der Waals surface area contributed by atoms with Crippen LogP contribution in [0.1, 0.15) is 11.4 Å². The minimum Gasteiger partial charge on any atom is -0.392 e. The van der Waals surface area contributed by atoms with Gasteiger partial charge >= 0.3 is 5.69 Å². The first-order valence-electron chi connectivity index (χ1n) is 5.36. The zero-order chi connectivity index (χ0) is 13.8. The van der Waals surface area contributed by atoms with Crippen molar-refractivity contribution >= 4 is 11.4 Å². The zero-order valence-corrected chi connectivity index (χ0v) is 9.71. The van der Waals surface area contributed by atoms with Crippen molar-refractivity contribution in [3.05, 3.63) is 50.2 Å². The summed E-state index contributed by atoms with van der Waals surface area (Å²) in [4.78, 5) is 23.6. The molecule has 0 aliphatic carbocycles. The van der Waals surface area contributed by atoms with E-state index >= 15 is 0 Å². The number of anilines is 1. The van der Waals surface area contributed by atoms with Gasteiger partial charge in [-0.25, -0.2) is 9.89 Å².